The minimum absolute atomic E-state index is 0.628. The highest BCUT2D eigenvalue weighted by molar-refractivity contribution is 5.56. The third-order valence-electron chi connectivity index (χ3n) is 3.53. The highest BCUT2D eigenvalue weighted by Gasteiger charge is 2.13. The van der Waals surface area contributed by atoms with Gasteiger partial charge in [-0.2, -0.15) is 0 Å². The smallest absolute Gasteiger partial charge is 0.141 e. The SMILES string of the molecule is COc1ccccc1NCC(C)CN1CCNCC1. The molecular weight excluding hydrogens is 238 g/mol. The van der Waals surface area contributed by atoms with Crippen LogP contribution in [0, 0.1) is 5.92 Å². The number of ether oxygens (including phenoxy) is 1. The summed E-state index contributed by atoms with van der Waals surface area (Å²) in [5.41, 5.74) is 1.08. The molecule has 0 radical (unpaired) electrons. The van der Waals surface area contributed by atoms with Gasteiger partial charge in [-0.15, -0.1) is 0 Å². The fourth-order valence-corrected chi connectivity index (χ4v) is 2.47. The van der Waals surface area contributed by atoms with E-state index in [4.69, 9.17) is 4.74 Å². The molecule has 0 bridgehead atoms. The second-order valence-electron chi connectivity index (χ2n) is 5.24. The standard InChI is InChI=1S/C15H25N3O/c1-13(12-18-9-7-16-8-10-18)11-17-14-5-3-4-6-15(14)19-2/h3-6,13,16-17H,7-12H2,1-2H3. The van der Waals surface area contributed by atoms with Crippen LogP contribution in [0.4, 0.5) is 5.69 Å². The summed E-state index contributed by atoms with van der Waals surface area (Å²) in [6.07, 6.45) is 0. The molecule has 1 atom stereocenters. The van der Waals surface area contributed by atoms with E-state index in [0.29, 0.717) is 5.92 Å². The molecule has 1 unspecified atom stereocenters. The van der Waals surface area contributed by atoms with Crippen LogP contribution >= 0.6 is 0 Å². The Morgan fingerprint density at radius 2 is 2.05 bits per heavy atom. The Balaban J connectivity index is 1.77. The molecule has 1 aromatic rings. The molecule has 19 heavy (non-hydrogen) atoms. The van der Waals surface area contributed by atoms with Crippen molar-refractivity contribution < 1.29 is 4.74 Å². The van der Waals surface area contributed by atoms with Crippen molar-refractivity contribution in [2.45, 2.75) is 6.92 Å². The maximum atomic E-state index is 5.35. The zero-order valence-electron chi connectivity index (χ0n) is 12.0. The summed E-state index contributed by atoms with van der Waals surface area (Å²) < 4.78 is 5.35. The summed E-state index contributed by atoms with van der Waals surface area (Å²) >= 11 is 0. The molecule has 0 aromatic heterocycles. The first kappa shape index (κ1) is 14.2. The maximum absolute atomic E-state index is 5.35. The van der Waals surface area contributed by atoms with Gasteiger partial charge in [-0.25, -0.2) is 0 Å². The first-order valence-corrected chi connectivity index (χ1v) is 7.09. The molecule has 1 aromatic carbocycles. The number of hydrogen-bond donors (Lipinski definition) is 2. The van der Waals surface area contributed by atoms with Crippen LogP contribution in [0.1, 0.15) is 6.92 Å². The Hall–Kier alpha value is -1.26. The second-order valence-corrected chi connectivity index (χ2v) is 5.24. The lowest BCUT2D eigenvalue weighted by atomic mass is 10.1. The van der Waals surface area contributed by atoms with Gasteiger partial charge in [0.15, 0.2) is 0 Å². The van der Waals surface area contributed by atoms with Crippen LogP contribution in [-0.4, -0.2) is 51.3 Å². The number of nitrogens with one attached hydrogen (secondary N) is 2. The minimum atomic E-state index is 0.628. The van der Waals surface area contributed by atoms with Gasteiger partial charge in [-0.3, -0.25) is 0 Å². The number of methoxy groups -OCH3 is 1. The summed E-state index contributed by atoms with van der Waals surface area (Å²) in [6.45, 7) is 9.00. The number of para-hydroxylation sites is 2. The van der Waals surface area contributed by atoms with Gasteiger partial charge in [0.25, 0.3) is 0 Å². The maximum Gasteiger partial charge on any atom is 0.141 e. The molecule has 1 saturated heterocycles. The van der Waals surface area contributed by atoms with Crippen LogP contribution in [0.15, 0.2) is 24.3 Å². The summed E-state index contributed by atoms with van der Waals surface area (Å²) in [5.74, 6) is 1.54. The zero-order chi connectivity index (χ0) is 13.5. The van der Waals surface area contributed by atoms with E-state index in [-0.39, 0.29) is 0 Å². The van der Waals surface area contributed by atoms with Gasteiger partial charge in [0, 0.05) is 39.3 Å². The zero-order valence-corrected chi connectivity index (χ0v) is 12.0. The van der Waals surface area contributed by atoms with E-state index >= 15 is 0 Å². The average Bonchev–Trinajstić information content (AvgIpc) is 2.46. The molecule has 2 rings (SSSR count). The Bertz CT molecular complexity index is 377. The van der Waals surface area contributed by atoms with E-state index in [1.165, 1.54) is 13.1 Å². The molecule has 106 valence electrons. The molecular formula is C15H25N3O. The second kappa shape index (κ2) is 7.36. The molecule has 0 spiro atoms. The number of benzene rings is 1. The molecule has 0 aliphatic carbocycles. The monoisotopic (exact) mass is 263 g/mol. The molecule has 0 amide bonds. The van der Waals surface area contributed by atoms with Gasteiger partial charge in [-0.05, 0) is 18.1 Å². The molecule has 1 heterocycles. The van der Waals surface area contributed by atoms with Crippen molar-refractivity contribution in [3.63, 3.8) is 0 Å². The van der Waals surface area contributed by atoms with Crippen molar-refractivity contribution >= 4 is 5.69 Å². The lowest BCUT2D eigenvalue weighted by Gasteiger charge is -2.29. The van der Waals surface area contributed by atoms with Crippen molar-refractivity contribution in [1.29, 1.82) is 0 Å². The van der Waals surface area contributed by atoms with Gasteiger partial charge in [-0.1, -0.05) is 19.1 Å². The highest BCUT2D eigenvalue weighted by Crippen LogP contribution is 2.23. The molecule has 1 fully saturated rings. The number of hydrogen-bond acceptors (Lipinski definition) is 4. The van der Waals surface area contributed by atoms with E-state index in [9.17, 15) is 0 Å². The van der Waals surface area contributed by atoms with Crippen LogP contribution in [0.3, 0.4) is 0 Å². The normalized spacial score (nSPS) is 18.0. The average molecular weight is 263 g/mol. The molecule has 1 aliphatic rings. The predicted octanol–water partition coefficient (Wildman–Crippen LogP) is 1.65. The Kier molecular flexibility index (Phi) is 5.48. The summed E-state index contributed by atoms with van der Waals surface area (Å²) in [5, 5.41) is 6.87. The quantitative estimate of drug-likeness (QED) is 0.818. The first-order chi connectivity index (χ1) is 9.29. The molecule has 4 nitrogen and oxygen atoms in total. The van der Waals surface area contributed by atoms with Gasteiger partial charge < -0.3 is 20.3 Å². The topological polar surface area (TPSA) is 36.5 Å². The van der Waals surface area contributed by atoms with E-state index in [0.717, 1.165) is 37.6 Å². The van der Waals surface area contributed by atoms with Crippen LogP contribution in [0.25, 0.3) is 0 Å². The Morgan fingerprint density at radius 1 is 1.32 bits per heavy atom. The lowest BCUT2D eigenvalue weighted by molar-refractivity contribution is 0.215. The largest absolute Gasteiger partial charge is 0.495 e. The van der Waals surface area contributed by atoms with Crippen molar-refractivity contribution in [3.05, 3.63) is 24.3 Å². The predicted molar refractivity (Wildman–Crippen MR) is 80.0 cm³/mol. The van der Waals surface area contributed by atoms with Crippen molar-refractivity contribution in [2.24, 2.45) is 5.92 Å². The summed E-state index contributed by atoms with van der Waals surface area (Å²) in [4.78, 5) is 2.53. The Labute approximate surface area is 116 Å². The van der Waals surface area contributed by atoms with Crippen LogP contribution in [0.2, 0.25) is 0 Å². The number of rotatable bonds is 6. The Morgan fingerprint density at radius 3 is 2.79 bits per heavy atom. The fraction of sp³-hybridized carbons (Fsp3) is 0.600. The van der Waals surface area contributed by atoms with Gasteiger partial charge in [0.05, 0.1) is 12.8 Å². The van der Waals surface area contributed by atoms with E-state index in [1.807, 2.05) is 18.2 Å². The van der Waals surface area contributed by atoms with Crippen molar-refractivity contribution in [1.82, 2.24) is 10.2 Å². The number of anilines is 1. The lowest BCUT2D eigenvalue weighted by Crippen LogP contribution is -2.45. The summed E-state index contributed by atoms with van der Waals surface area (Å²) in [7, 11) is 1.71. The fourth-order valence-electron chi connectivity index (χ4n) is 2.47. The van der Waals surface area contributed by atoms with Gasteiger partial charge >= 0.3 is 0 Å². The van der Waals surface area contributed by atoms with E-state index in [2.05, 4.69) is 28.5 Å². The van der Waals surface area contributed by atoms with E-state index in [1.54, 1.807) is 7.11 Å². The summed E-state index contributed by atoms with van der Waals surface area (Å²) in [6, 6.07) is 8.08. The van der Waals surface area contributed by atoms with Gasteiger partial charge in [0.2, 0.25) is 0 Å². The van der Waals surface area contributed by atoms with Crippen LogP contribution < -0.4 is 15.4 Å². The molecule has 2 N–H and O–H groups in total. The third-order valence-corrected chi connectivity index (χ3v) is 3.53. The van der Waals surface area contributed by atoms with Crippen LogP contribution in [-0.2, 0) is 0 Å². The number of piperazine rings is 1. The molecule has 4 heteroatoms. The molecule has 0 saturated carbocycles. The van der Waals surface area contributed by atoms with Crippen molar-refractivity contribution in [2.75, 3.05) is 51.7 Å². The van der Waals surface area contributed by atoms with Gasteiger partial charge in [0.1, 0.15) is 5.75 Å². The highest BCUT2D eigenvalue weighted by atomic mass is 16.5. The van der Waals surface area contributed by atoms with E-state index < -0.39 is 0 Å². The van der Waals surface area contributed by atoms with Crippen molar-refractivity contribution in [3.8, 4) is 5.75 Å². The minimum Gasteiger partial charge on any atom is -0.495 e. The number of nitrogens with zero attached hydrogens (tertiary/aromatic N) is 1. The molecule has 1 aliphatic heterocycles. The first-order valence-electron chi connectivity index (χ1n) is 7.09. The third kappa shape index (κ3) is 4.40. The van der Waals surface area contributed by atoms with Crippen LogP contribution in [0.5, 0.6) is 5.75 Å².